The Bertz CT molecular complexity index is 1690. The highest BCUT2D eigenvalue weighted by Gasteiger charge is 2.43. The van der Waals surface area contributed by atoms with Gasteiger partial charge in [0.2, 0.25) is 0 Å². The Kier molecular flexibility index (Phi) is 5.58. The van der Waals surface area contributed by atoms with E-state index in [4.69, 9.17) is 0 Å². The number of hydrogen-bond donors (Lipinski definition) is 0. The molecule has 0 unspecified atom stereocenters. The molecule has 8 rings (SSSR count). The van der Waals surface area contributed by atoms with Gasteiger partial charge in [0.1, 0.15) is 0 Å². The summed E-state index contributed by atoms with van der Waals surface area (Å²) >= 11 is 0. The lowest BCUT2D eigenvalue weighted by molar-refractivity contribution is 0.444. The zero-order valence-corrected chi connectivity index (χ0v) is 23.1. The van der Waals surface area contributed by atoms with Crippen molar-refractivity contribution in [3.8, 4) is 0 Å². The fourth-order valence-corrected chi connectivity index (χ4v) is 7.51. The number of rotatable bonds is 3. The first-order chi connectivity index (χ1) is 19.8. The fourth-order valence-electron chi connectivity index (χ4n) is 7.51. The summed E-state index contributed by atoms with van der Waals surface area (Å²) in [6.07, 6.45) is 6.70. The predicted octanol–water partition coefficient (Wildman–Crippen LogP) is 8.13. The Hall–Kier alpha value is -4.24. The lowest BCUT2D eigenvalue weighted by Gasteiger charge is -2.44. The molecule has 0 bridgehead atoms. The van der Waals surface area contributed by atoms with Gasteiger partial charge in [-0.25, -0.2) is 0 Å². The van der Waals surface area contributed by atoms with Gasteiger partial charge in [0.05, 0.1) is 0 Å². The van der Waals surface area contributed by atoms with Crippen LogP contribution in [0.25, 0.3) is 0 Å². The first-order valence-electron chi connectivity index (χ1n) is 14.9. The molecule has 2 heterocycles. The molecule has 0 aromatic heterocycles. The van der Waals surface area contributed by atoms with Crippen molar-refractivity contribution in [1.29, 1.82) is 0 Å². The standard InChI is InChI=1S/C37H33BN2/c1-26-23-35-37-36(24-26)40(30-17-9-4-10-18-30)34-22-21-28(27-13-5-2-6-14-27)25-32(34)38(37)31-19-11-12-20-33(31)39(35)29-15-7-3-8-16-29/h3-4,7-12,15-25,27H,2,5-6,13-14H2,1H3. The number of benzene rings is 5. The Morgan fingerprint density at radius 2 is 1.12 bits per heavy atom. The highest BCUT2D eigenvalue weighted by molar-refractivity contribution is 7.00. The van der Waals surface area contributed by atoms with E-state index in [-0.39, 0.29) is 6.71 Å². The highest BCUT2D eigenvalue weighted by Crippen LogP contribution is 2.45. The van der Waals surface area contributed by atoms with Gasteiger partial charge < -0.3 is 9.80 Å². The lowest BCUT2D eigenvalue weighted by Crippen LogP contribution is -2.61. The molecule has 1 aliphatic carbocycles. The van der Waals surface area contributed by atoms with E-state index in [1.807, 2.05) is 0 Å². The molecule has 2 aliphatic heterocycles. The van der Waals surface area contributed by atoms with Gasteiger partial charge in [-0.3, -0.25) is 0 Å². The minimum absolute atomic E-state index is 0.195. The van der Waals surface area contributed by atoms with E-state index in [0.29, 0.717) is 5.92 Å². The summed E-state index contributed by atoms with van der Waals surface area (Å²) in [4.78, 5) is 5.00. The van der Waals surface area contributed by atoms with Gasteiger partial charge in [0.25, 0.3) is 6.71 Å². The second-order valence-electron chi connectivity index (χ2n) is 11.7. The topological polar surface area (TPSA) is 6.48 Å². The molecular formula is C37H33BN2. The number of nitrogens with zero attached hydrogens (tertiary/aromatic N) is 2. The SMILES string of the molecule is Cc1cc2c3c(c1)N(c1ccccc1)c1ccc(C4CCCCC4)cc1B3c1ccccc1N2c1ccccc1. The Labute approximate surface area is 238 Å². The Balaban J connectivity index is 1.44. The van der Waals surface area contributed by atoms with Gasteiger partial charge in [-0.2, -0.15) is 0 Å². The molecule has 3 aliphatic rings. The van der Waals surface area contributed by atoms with Crippen molar-refractivity contribution < 1.29 is 0 Å². The van der Waals surface area contributed by atoms with Crippen LogP contribution in [0.3, 0.4) is 0 Å². The third-order valence-corrected chi connectivity index (χ3v) is 9.25. The van der Waals surface area contributed by atoms with E-state index in [0.717, 1.165) is 0 Å². The first-order valence-corrected chi connectivity index (χ1v) is 14.9. The highest BCUT2D eigenvalue weighted by atomic mass is 15.2. The van der Waals surface area contributed by atoms with Crippen LogP contribution in [0.4, 0.5) is 34.1 Å². The average Bonchev–Trinajstić information content (AvgIpc) is 3.02. The van der Waals surface area contributed by atoms with Crippen molar-refractivity contribution in [3.05, 3.63) is 126 Å². The molecule has 0 spiro atoms. The maximum atomic E-state index is 2.58. The monoisotopic (exact) mass is 516 g/mol. The number of anilines is 6. The summed E-state index contributed by atoms with van der Waals surface area (Å²) < 4.78 is 0. The van der Waals surface area contributed by atoms with Gasteiger partial charge in [0, 0.05) is 34.1 Å². The molecule has 0 radical (unpaired) electrons. The number of fused-ring (bicyclic) bond motifs is 4. The summed E-state index contributed by atoms with van der Waals surface area (Å²) in [5.74, 6) is 0.669. The number of para-hydroxylation sites is 3. The van der Waals surface area contributed by atoms with Crippen LogP contribution in [0.1, 0.15) is 49.1 Å². The summed E-state index contributed by atoms with van der Waals surface area (Å²) in [6, 6.07) is 43.1. The molecular weight excluding hydrogens is 483 g/mol. The van der Waals surface area contributed by atoms with Crippen molar-refractivity contribution in [2.45, 2.75) is 44.9 Å². The van der Waals surface area contributed by atoms with Crippen LogP contribution < -0.4 is 26.2 Å². The van der Waals surface area contributed by atoms with Gasteiger partial charge in [-0.15, -0.1) is 0 Å². The average molecular weight is 516 g/mol. The van der Waals surface area contributed by atoms with E-state index in [1.165, 1.54) is 93.7 Å². The van der Waals surface area contributed by atoms with Crippen molar-refractivity contribution in [2.75, 3.05) is 9.80 Å². The molecule has 0 saturated heterocycles. The van der Waals surface area contributed by atoms with Crippen LogP contribution in [-0.4, -0.2) is 6.71 Å². The molecule has 5 aromatic carbocycles. The molecule has 40 heavy (non-hydrogen) atoms. The van der Waals surface area contributed by atoms with Crippen molar-refractivity contribution in [3.63, 3.8) is 0 Å². The zero-order valence-electron chi connectivity index (χ0n) is 23.1. The summed E-state index contributed by atoms with van der Waals surface area (Å²) in [5.41, 5.74) is 14.6. The Morgan fingerprint density at radius 1 is 0.550 bits per heavy atom. The summed E-state index contributed by atoms with van der Waals surface area (Å²) in [5, 5.41) is 0. The molecule has 3 heteroatoms. The molecule has 0 atom stereocenters. The molecule has 5 aromatic rings. The van der Waals surface area contributed by atoms with Gasteiger partial charge in [-0.1, -0.05) is 86.0 Å². The minimum Gasteiger partial charge on any atom is -0.311 e. The van der Waals surface area contributed by atoms with Crippen LogP contribution in [0.15, 0.2) is 115 Å². The number of aryl methyl sites for hydroxylation is 1. The van der Waals surface area contributed by atoms with Gasteiger partial charge in [0.15, 0.2) is 0 Å². The fraction of sp³-hybridized carbons (Fsp3) is 0.189. The van der Waals surface area contributed by atoms with Crippen LogP contribution in [-0.2, 0) is 0 Å². The van der Waals surface area contributed by atoms with Crippen LogP contribution in [0, 0.1) is 6.92 Å². The molecule has 0 amide bonds. The molecule has 0 N–H and O–H groups in total. The number of hydrogen-bond acceptors (Lipinski definition) is 2. The first kappa shape index (κ1) is 23.6. The van der Waals surface area contributed by atoms with Crippen LogP contribution in [0.5, 0.6) is 0 Å². The van der Waals surface area contributed by atoms with Crippen LogP contribution >= 0.6 is 0 Å². The normalized spacial score (nSPS) is 15.9. The van der Waals surface area contributed by atoms with E-state index in [2.05, 4.69) is 132 Å². The molecule has 2 nitrogen and oxygen atoms in total. The molecule has 194 valence electrons. The van der Waals surface area contributed by atoms with Crippen LogP contribution in [0.2, 0.25) is 0 Å². The van der Waals surface area contributed by atoms with E-state index in [9.17, 15) is 0 Å². The van der Waals surface area contributed by atoms with E-state index in [1.54, 1.807) is 0 Å². The van der Waals surface area contributed by atoms with E-state index >= 15 is 0 Å². The van der Waals surface area contributed by atoms with Crippen molar-refractivity contribution in [2.24, 2.45) is 0 Å². The van der Waals surface area contributed by atoms with Crippen molar-refractivity contribution in [1.82, 2.24) is 0 Å². The maximum absolute atomic E-state index is 2.58. The van der Waals surface area contributed by atoms with E-state index < -0.39 is 0 Å². The lowest BCUT2D eigenvalue weighted by atomic mass is 9.33. The maximum Gasteiger partial charge on any atom is 0.252 e. The summed E-state index contributed by atoms with van der Waals surface area (Å²) in [7, 11) is 0. The van der Waals surface area contributed by atoms with Crippen molar-refractivity contribution >= 4 is 57.2 Å². The second-order valence-corrected chi connectivity index (χ2v) is 11.7. The quantitative estimate of drug-likeness (QED) is 0.219. The third kappa shape index (κ3) is 3.64. The summed E-state index contributed by atoms with van der Waals surface area (Å²) in [6.45, 7) is 2.43. The van der Waals surface area contributed by atoms with Gasteiger partial charge in [-0.05, 0) is 102 Å². The predicted molar refractivity (Wildman–Crippen MR) is 171 cm³/mol. The van der Waals surface area contributed by atoms with Gasteiger partial charge >= 0.3 is 0 Å². The second kappa shape index (κ2) is 9.45. The third-order valence-electron chi connectivity index (χ3n) is 9.25. The largest absolute Gasteiger partial charge is 0.311 e. The zero-order chi connectivity index (χ0) is 26.6. The molecule has 1 fully saturated rings. The smallest absolute Gasteiger partial charge is 0.252 e. The Morgan fingerprint density at radius 3 is 1.77 bits per heavy atom. The minimum atomic E-state index is 0.195. The molecule has 1 saturated carbocycles.